The summed E-state index contributed by atoms with van der Waals surface area (Å²) in [5, 5.41) is 2.87. The maximum atomic E-state index is 12.3. The number of rotatable bonds is 5. The molecule has 1 aliphatic rings. The molecule has 2 aromatic rings. The summed E-state index contributed by atoms with van der Waals surface area (Å²) in [5.41, 5.74) is 6.79. The lowest BCUT2D eigenvalue weighted by Gasteiger charge is -2.26. The van der Waals surface area contributed by atoms with Gasteiger partial charge in [-0.1, -0.05) is 18.2 Å². The summed E-state index contributed by atoms with van der Waals surface area (Å²) in [6, 6.07) is 16.3. The smallest absolute Gasteiger partial charge is 0.241 e. The molecule has 1 amide bonds. The molecule has 1 saturated heterocycles. The monoisotopic (exact) mass is 362 g/mol. The van der Waals surface area contributed by atoms with Crippen LogP contribution in [0.15, 0.2) is 54.6 Å². The van der Waals surface area contributed by atoms with Gasteiger partial charge in [0, 0.05) is 18.9 Å². The summed E-state index contributed by atoms with van der Waals surface area (Å²) in [6.07, 6.45) is 1.66. The fourth-order valence-corrected chi connectivity index (χ4v) is 2.75. The highest BCUT2D eigenvalue weighted by Crippen LogP contribution is 2.23. The Labute approximate surface area is 153 Å². The molecular weight excluding hydrogens is 340 g/mol. The molecule has 3 N–H and O–H groups in total. The Morgan fingerprint density at radius 2 is 1.64 bits per heavy atom. The van der Waals surface area contributed by atoms with Crippen LogP contribution in [-0.4, -0.2) is 25.2 Å². The molecule has 1 heterocycles. The minimum absolute atomic E-state index is 0. The van der Waals surface area contributed by atoms with Gasteiger partial charge in [-0.15, -0.1) is 12.4 Å². The van der Waals surface area contributed by atoms with E-state index in [9.17, 15) is 4.79 Å². The van der Waals surface area contributed by atoms with Crippen molar-refractivity contribution in [3.05, 3.63) is 54.6 Å². The van der Waals surface area contributed by atoms with Crippen LogP contribution in [-0.2, 0) is 9.53 Å². The van der Waals surface area contributed by atoms with E-state index >= 15 is 0 Å². The van der Waals surface area contributed by atoms with Crippen molar-refractivity contribution in [2.24, 2.45) is 11.7 Å². The molecule has 1 aliphatic heterocycles. The molecule has 0 spiro atoms. The van der Waals surface area contributed by atoms with Crippen molar-refractivity contribution < 1.29 is 14.3 Å². The lowest BCUT2D eigenvalue weighted by molar-refractivity contribution is -0.119. The van der Waals surface area contributed by atoms with E-state index in [0.717, 1.165) is 18.6 Å². The van der Waals surface area contributed by atoms with Gasteiger partial charge in [-0.2, -0.15) is 0 Å². The number of halogens is 1. The number of ether oxygens (including phenoxy) is 2. The lowest BCUT2D eigenvalue weighted by atomic mass is 9.92. The number of benzene rings is 2. The molecule has 1 atom stereocenters. The van der Waals surface area contributed by atoms with E-state index in [1.54, 1.807) is 0 Å². The molecule has 5 nitrogen and oxygen atoms in total. The Bertz CT molecular complexity index is 658. The number of nitrogens with one attached hydrogen (secondary N) is 1. The van der Waals surface area contributed by atoms with Crippen LogP contribution in [0.2, 0.25) is 0 Å². The average molecular weight is 363 g/mol. The fourth-order valence-electron chi connectivity index (χ4n) is 2.75. The van der Waals surface area contributed by atoms with Gasteiger partial charge in [-0.05, 0) is 55.2 Å². The van der Waals surface area contributed by atoms with Crippen molar-refractivity contribution in [3.63, 3.8) is 0 Å². The van der Waals surface area contributed by atoms with E-state index < -0.39 is 6.04 Å². The third kappa shape index (κ3) is 5.46. The summed E-state index contributed by atoms with van der Waals surface area (Å²) in [7, 11) is 0. The van der Waals surface area contributed by atoms with Gasteiger partial charge in [0.1, 0.15) is 11.5 Å². The van der Waals surface area contributed by atoms with Gasteiger partial charge < -0.3 is 20.5 Å². The van der Waals surface area contributed by atoms with E-state index in [1.807, 2.05) is 54.6 Å². The van der Waals surface area contributed by atoms with Gasteiger partial charge in [-0.25, -0.2) is 0 Å². The Morgan fingerprint density at radius 1 is 1.04 bits per heavy atom. The van der Waals surface area contributed by atoms with Crippen molar-refractivity contribution in [2.45, 2.75) is 18.9 Å². The normalized spacial score (nSPS) is 15.7. The Kier molecular flexibility index (Phi) is 7.25. The van der Waals surface area contributed by atoms with Crippen molar-refractivity contribution >= 4 is 24.0 Å². The number of carbonyl (C=O) groups is 1. The standard InChI is InChI=1S/C19H22N2O3.ClH/c20-18(14-10-12-23-13-11-14)19(22)21-15-6-8-17(9-7-15)24-16-4-2-1-3-5-16;/h1-9,14,18H,10-13,20H2,(H,21,22);1H. The van der Waals surface area contributed by atoms with Crippen LogP contribution >= 0.6 is 12.4 Å². The molecule has 1 fully saturated rings. The second kappa shape index (κ2) is 9.42. The molecule has 25 heavy (non-hydrogen) atoms. The molecule has 6 heteroatoms. The molecule has 2 aromatic carbocycles. The maximum Gasteiger partial charge on any atom is 0.241 e. The summed E-state index contributed by atoms with van der Waals surface area (Å²) >= 11 is 0. The Hall–Kier alpha value is -2.08. The first-order valence-corrected chi connectivity index (χ1v) is 8.19. The van der Waals surface area contributed by atoms with E-state index in [1.165, 1.54) is 0 Å². The molecular formula is C19H23ClN2O3. The topological polar surface area (TPSA) is 73.6 Å². The first kappa shape index (κ1) is 19.2. The van der Waals surface area contributed by atoms with Crippen LogP contribution < -0.4 is 15.8 Å². The lowest BCUT2D eigenvalue weighted by Crippen LogP contribution is -2.43. The van der Waals surface area contributed by atoms with Crippen LogP contribution in [0.3, 0.4) is 0 Å². The van der Waals surface area contributed by atoms with E-state index in [-0.39, 0.29) is 24.2 Å². The number of hydrogen-bond donors (Lipinski definition) is 2. The molecule has 134 valence electrons. The van der Waals surface area contributed by atoms with Crippen LogP contribution in [0.5, 0.6) is 11.5 Å². The maximum absolute atomic E-state index is 12.3. The van der Waals surface area contributed by atoms with Crippen LogP contribution in [0, 0.1) is 5.92 Å². The minimum Gasteiger partial charge on any atom is -0.457 e. The molecule has 0 saturated carbocycles. The zero-order valence-corrected chi connectivity index (χ0v) is 14.7. The quantitative estimate of drug-likeness (QED) is 0.852. The number of hydrogen-bond acceptors (Lipinski definition) is 4. The van der Waals surface area contributed by atoms with Gasteiger partial charge in [0.2, 0.25) is 5.91 Å². The zero-order chi connectivity index (χ0) is 16.8. The number of amides is 1. The summed E-state index contributed by atoms with van der Waals surface area (Å²) in [6.45, 7) is 1.36. The predicted octanol–water partition coefficient (Wildman–Crippen LogP) is 3.59. The predicted molar refractivity (Wildman–Crippen MR) is 100 cm³/mol. The van der Waals surface area contributed by atoms with Crippen LogP contribution in [0.4, 0.5) is 5.69 Å². The summed E-state index contributed by atoms with van der Waals surface area (Å²) in [4.78, 5) is 12.3. The SMILES string of the molecule is Cl.NC(C(=O)Nc1ccc(Oc2ccccc2)cc1)C1CCOCC1. The first-order valence-electron chi connectivity index (χ1n) is 8.19. The van der Waals surface area contributed by atoms with Crippen LogP contribution in [0.1, 0.15) is 12.8 Å². The third-order valence-corrected chi connectivity index (χ3v) is 4.18. The van der Waals surface area contributed by atoms with Gasteiger partial charge in [0.15, 0.2) is 0 Å². The fraction of sp³-hybridized carbons (Fsp3) is 0.316. The van der Waals surface area contributed by atoms with Gasteiger partial charge >= 0.3 is 0 Å². The second-order valence-electron chi connectivity index (χ2n) is 5.90. The number of nitrogens with two attached hydrogens (primary N) is 1. The summed E-state index contributed by atoms with van der Waals surface area (Å²) < 4.78 is 11.0. The van der Waals surface area contributed by atoms with E-state index in [4.69, 9.17) is 15.2 Å². The molecule has 0 aliphatic carbocycles. The molecule has 0 bridgehead atoms. The van der Waals surface area contributed by atoms with Crippen molar-refractivity contribution in [1.82, 2.24) is 0 Å². The number of anilines is 1. The van der Waals surface area contributed by atoms with E-state index in [2.05, 4.69) is 5.32 Å². The number of carbonyl (C=O) groups excluding carboxylic acids is 1. The minimum atomic E-state index is -0.505. The van der Waals surface area contributed by atoms with Gasteiger partial charge in [0.25, 0.3) is 0 Å². The number of para-hydroxylation sites is 1. The second-order valence-corrected chi connectivity index (χ2v) is 5.90. The van der Waals surface area contributed by atoms with Crippen molar-refractivity contribution in [1.29, 1.82) is 0 Å². The summed E-state index contributed by atoms with van der Waals surface area (Å²) in [5.74, 6) is 1.52. The molecule has 0 aromatic heterocycles. The molecule has 3 rings (SSSR count). The Balaban J connectivity index is 0.00000225. The highest BCUT2D eigenvalue weighted by molar-refractivity contribution is 5.94. The third-order valence-electron chi connectivity index (χ3n) is 4.18. The highest BCUT2D eigenvalue weighted by atomic mass is 35.5. The van der Waals surface area contributed by atoms with E-state index in [0.29, 0.717) is 24.7 Å². The first-order chi connectivity index (χ1) is 11.7. The molecule has 0 radical (unpaired) electrons. The van der Waals surface area contributed by atoms with Crippen LogP contribution in [0.25, 0.3) is 0 Å². The zero-order valence-electron chi connectivity index (χ0n) is 13.9. The average Bonchev–Trinajstić information content (AvgIpc) is 2.64. The largest absolute Gasteiger partial charge is 0.457 e. The van der Waals surface area contributed by atoms with Crippen molar-refractivity contribution in [2.75, 3.05) is 18.5 Å². The highest BCUT2D eigenvalue weighted by Gasteiger charge is 2.26. The van der Waals surface area contributed by atoms with Crippen molar-refractivity contribution in [3.8, 4) is 11.5 Å². The molecule has 1 unspecified atom stereocenters. The Morgan fingerprint density at radius 3 is 2.28 bits per heavy atom. The van der Waals surface area contributed by atoms with Gasteiger partial charge in [-0.3, -0.25) is 4.79 Å². The van der Waals surface area contributed by atoms with Gasteiger partial charge in [0.05, 0.1) is 6.04 Å².